The van der Waals surface area contributed by atoms with Crippen molar-refractivity contribution in [2.45, 2.75) is 39.7 Å². The van der Waals surface area contributed by atoms with Crippen LogP contribution in [0.25, 0.3) is 0 Å². The van der Waals surface area contributed by atoms with Gasteiger partial charge in [-0.3, -0.25) is 9.36 Å². The van der Waals surface area contributed by atoms with Crippen LogP contribution in [-0.4, -0.2) is 9.55 Å². The summed E-state index contributed by atoms with van der Waals surface area (Å²) in [5, 5.41) is 0.256. The van der Waals surface area contributed by atoms with E-state index in [0.29, 0.717) is 13.0 Å². The van der Waals surface area contributed by atoms with Crippen LogP contribution in [0.15, 0.2) is 10.9 Å². The molecule has 1 heterocycles. The van der Waals surface area contributed by atoms with E-state index in [9.17, 15) is 4.79 Å². The molecule has 16 heavy (non-hydrogen) atoms. The van der Waals surface area contributed by atoms with E-state index in [4.69, 9.17) is 11.6 Å². The molecule has 0 unspecified atom stereocenters. The molecule has 1 aromatic rings. The SMILES string of the molecule is CC#CCCn1c(C(C)C)nc(Cl)cc1=O. The first kappa shape index (κ1) is 12.8. The average Bonchev–Trinajstić information content (AvgIpc) is 2.20. The maximum Gasteiger partial charge on any atom is 0.255 e. The van der Waals surface area contributed by atoms with Crippen LogP contribution in [0, 0.1) is 11.8 Å². The standard InChI is InChI=1S/C12H15ClN2O/c1-4-5-6-7-15-11(16)8-10(13)14-12(15)9(2)3/h8-9H,6-7H2,1-3H3. The Morgan fingerprint density at radius 3 is 2.81 bits per heavy atom. The van der Waals surface area contributed by atoms with Crippen molar-refractivity contribution in [3.8, 4) is 11.8 Å². The molecular formula is C12H15ClN2O. The lowest BCUT2D eigenvalue weighted by Crippen LogP contribution is -2.25. The van der Waals surface area contributed by atoms with Crippen molar-refractivity contribution in [1.82, 2.24) is 9.55 Å². The normalized spacial score (nSPS) is 10.1. The molecule has 1 rings (SSSR count). The first-order valence-corrected chi connectivity index (χ1v) is 5.61. The van der Waals surface area contributed by atoms with E-state index in [2.05, 4.69) is 16.8 Å². The van der Waals surface area contributed by atoms with E-state index in [1.807, 2.05) is 13.8 Å². The predicted octanol–water partition coefficient (Wildman–Crippen LogP) is 2.43. The number of hydrogen-bond donors (Lipinski definition) is 0. The maximum atomic E-state index is 11.7. The van der Waals surface area contributed by atoms with Gasteiger partial charge in [0, 0.05) is 24.9 Å². The molecular weight excluding hydrogens is 224 g/mol. The molecule has 4 heteroatoms. The minimum absolute atomic E-state index is 0.110. The molecule has 86 valence electrons. The Morgan fingerprint density at radius 1 is 1.56 bits per heavy atom. The minimum Gasteiger partial charge on any atom is -0.295 e. The third-order valence-electron chi connectivity index (χ3n) is 2.16. The molecule has 3 nitrogen and oxygen atoms in total. The monoisotopic (exact) mass is 238 g/mol. The first-order valence-electron chi connectivity index (χ1n) is 5.23. The second-order valence-corrected chi connectivity index (χ2v) is 4.15. The number of halogens is 1. The van der Waals surface area contributed by atoms with Crippen LogP contribution < -0.4 is 5.56 Å². The summed E-state index contributed by atoms with van der Waals surface area (Å²) in [7, 11) is 0. The molecule has 0 saturated carbocycles. The molecule has 0 saturated heterocycles. The summed E-state index contributed by atoms with van der Waals surface area (Å²) in [6.07, 6.45) is 0.652. The smallest absolute Gasteiger partial charge is 0.255 e. The van der Waals surface area contributed by atoms with Gasteiger partial charge in [0.1, 0.15) is 11.0 Å². The highest BCUT2D eigenvalue weighted by atomic mass is 35.5. The zero-order chi connectivity index (χ0) is 12.1. The molecule has 0 aliphatic rings. The number of aromatic nitrogens is 2. The lowest BCUT2D eigenvalue weighted by Gasteiger charge is -2.13. The van der Waals surface area contributed by atoms with Gasteiger partial charge < -0.3 is 0 Å². The summed E-state index contributed by atoms with van der Waals surface area (Å²) >= 11 is 5.78. The van der Waals surface area contributed by atoms with Crippen LogP contribution in [0.2, 0.25) is 5.15 Å². The topological polar surface area (TPSA) is 34.9 Å². The van der Waals surface area contributed by atoms with Gasteiger partial charge in [0.05, 0.1) is 0 Å². The minimum atomic E-state index is -0.110. The van der Waals surface area contributed by atoms with Gasteiger partial charge in [0.2, 0.25) is 0 Å². The zero-order valence-corrected chi connectivity index (χ0v) is 10.5. The van der Waals surface area contributed by atoms with Crippen LogP contribution in [0.1, 0.15) is 38.9 Å². The molecule has 0 radical (unpaired) electrons. The Balaban J connectivity index is 3.12. The molecule has 1 aromatic heterocycles. The van der Waals surface area contributed by atoms with Crippen molar-refractivity contribution in [2.24, 2.45) is 0 Å². The van der Waals surface area contributed by atoms with Gasteiger partial charge in [-0.25, -0.2) is 4.98 Å². The highest BCUT2D eigenvalue weighted by Crippen LogP contribution is 2.12. The molecule has 0 aliphatic heterocycles. The molecule has 0 atom stereocenters. The van der Waals surface area contributed by atoms with Crippen molar-refractivity contribution >= 4 is 11.6 Å². The van der Waals surface area contributed by atoms with Crippen molar-refractivity contribution in [1.29, 1.82) is 0 Å². The summed E-state index contributed by atoms with van der Waals surface area (Å²) < 4.78 is 1.64. The van der Waals surface area contributed by atoms with Gasteiger partial charge in [0.25, 0.3) is 5.56 Å². The van der Waals surface area contributed by atoms with E-state index in [1.54, 1.807) is 11.5 Å². The second kappa shape index (κ2) is 5.72. The van der Waals surface area contributed by atoms with Crippen molar-refractivity contribution in [2.75, 3.05) is 0 Å². The quantitative estimate of drug-likeness (QED) is 0.599. The molecule has 0 fully saturated rings. The van der Waals surface area contributed by atoms with Gasteiger partial charge in [-0.1, -0.05) is 25.4 Å². The van der Waals surface area contributed by atoms with Crippen LogP contribution in [-0.2, 0) is 6.54 Å². The Labute approximate surface area is 100 Å². The fourth-order valence-corrected chi connectivity index (χ4v) is 1.63. The Morgan fingerprint density at radius 2 is 2.25 bits per heavy atom. The number of nitrogens with zero attached hydrogens (tertiary/aromatic N) is 2. The lowest BCUT2D eigenvalue weighted by atomic mass is 10.2. The zero-order valence-electron chi connectivity index (χ0n) is 9.75. The average molecular weight is 239 g/mol. The molecule has 0 bridgehead atoms. The third kappa shape index (κ3) is 3.11. The predicted molar refractivity (Wildman–Crippen MR) is 65.7 cm³/mol. The summed E-state index contributed by atoms with van der Waals surface area (Å²) in [4.78, 5) is 15.9. The van der Waals surface area contributed by atoms with Crippen molar-refractivity contribution < 1.29 is 0 Å². The van der Waals surface area contributed by atoms with Gasteiger partial charge >= 0.3 is 0 Å². The largest absolute Gasteiger partial charge is 0.295 e. The summed E-state index contributed by atoms with van der Waals surface area (Å²) in [5.41, 5.74) is -0.110. The first-order chi connectivity index (χ1) is 7.56. The lowest BCUT2D eigenvalue weighted by molar-refractivity contribution is 0.590. The molecule has 0 aliphatic carbocycles. The van der Waals surface area contributed by atoms with E-state index in [1.165, 1.54) is 6.07 Å². The maximum absolute atomic E-state index is 11.7. The Bertz CT molecular complexity index is 480. The Kier molecular flexibility index (Phi) is 4.57. The van der Waals surface area contributed by atoms with E-state index in [0.717, 1.165) is 5.82 Å². The van der Waals surface area contributed by atoms with Crippen LogP contribution >= 0.6 is 11.6 Å². The van der Waals surface area contributed by atoms with Crippen LogP contribution in [0.5, 0.6) is 0 Å². The fraction of sp³-hybridized carbons (Fsp3) is 0.500. The molecule has 0 amide bonds. The fourth-order valence-electron chi connectivity index (χ4n) is 1.45. The van der Waals surface area contributed by atoms with Gasteiger partial charge in [0.15, 0.2) is 0 Å². The van der Waals surface area contributed by atoms with Crippen molar-refractivity contribution in [3.63, 3.8) is 0 Å². The summed E-state index contributed by atoms with van der Waals surface area (Å²) in [6, 6.07) is 1.34. The Hall–Kier alpha value is -1.27. The van der Waals surface area contributed by atoms with Crippen LogP contribution in [0.3, 0.4) is 0 Å². The van der Waals surface area contributed by atoms with Crippen LogP contribution in [0.4, 0.5) is 0 Å². The van der Waals surface area contributed by atoms with E-state index >= 15 is 0 Å². The van der Waals surface area contributed by atoms with Gasteiger partial charge in [-0.05, 0) is 6.92 Å². The molecule has 0 N–H and O–H groups in total. The summed E-state index contributed by atoms with van der Waals surface area (Å²) in [6.45, 7) is 6.32. The molecule has 0 aromatic carbocycles. The summed E-state index contributed by atoms with van der Waals surface area (Å²) in [5.74, 6) is 6.63. The van der Waals surface area contributed by atoms with Gasteiger partial charge in [-0.15, -0.1) is 11.8 Å². The second-order valence-electron chi connectivity index (χ2n) is 3.76. The third-order valence-corrected chi connectivity index (χ3v) is 2.35. The highest BCUT2D eigenvalue weighted by molar-refractivity contribution is 6.29. The van der Waals surface area contributed by atoms with E-state index < -0.39 is 0 Å². The van der Waals surface area contributed by atoms with Gasteiger partial charge in [-0.2, -0.15) is 0 Å². The highest BCUT2D eigenvalue weighted by Gasteiger charge is 2.10. The number of rotatable bonds is 3. The van der Waals surface area contributed by atoms with E-state index in [-0.39, 0.29) is 16.6 Å². The van der Waals surface area contributed by atoms with Crippen molar-refractivity contribution in [3.05, 3.63) is 27.4 Å². The molecule has 0 spiro atoms. The number of hydrogen-bond acceptors (Lipinski definition) is 2.